The smallest absolute Gasteiger partial charge is 0.209 e. The zero-order chi connectivity index (χ0) is 17.1. The second-order valence-corrected chi connectivity index (χ2v) is 7.79. The van der Waals surface area contributed by atoms with Gasteiger partial charge >= 0.3 is 0 Å². The van der Waals surface area contributed by atoms with Crippen LogP contribution < -0.4 is 9.47 Å². The van der Waals surface area contributed by atoms with E-state index in [2.05, 4.69) is 33.0 Å². The third kappa shape index (κ3) is 3.91. The van der Waals surface area contributed by atoms with Crippen LogP contribution in [-0.2, 0) is 18.7 Å². The third-order valence-corrected chi connectivity index (χ3v) is 5.92. The number of rotatable bonds is 6. The fraction of sp³-hybridized carbons (Fsp3) is 0.312. The first-order valence-corrected chi connectivity index (χ1v) is 10.0. The number of hydrogen-bond acceptors (Lipinski definition) is 7. The van der Waals surface area contributed by atoms with Crippen LogP contribution in [0.2, 0.25) is 5.02 Å². The van der Waals surface area contributed by atoms with Gasteiger partial charge in [-0.2, -0.15) is 0 Å². The molecule has 0 aliphatic carbocycles. The Bertz CT molecular complexity index is 854. The Labute approximate surface area is 158 Å². The molecule has 0 saturated heterocycles. The molecule has 0 saturated carbocycles. The molecule has 1 aliphatic rings. The molecule has 1 aromatic carbocycles. The molecule has 0 N–H and O–H groups in total. The summed E-state index contributed by atoms with van der Waals surface area (Å²) in [4.78, 5) is 1.32. The lowest BCUT2D eigenvalue weighted by Crippen LogP contribution is -2.15. The Morgan fingerprint density at radius 1 is 1.28 bits per heavy atom. The van der Waals surface area contributed by atoms with Gasteiger partial charge in [0.25, 0.3) is 0 Å². The molecular formula is C16H15ClN4O2S2. The van der Waals surface area contributed by atoms with Crippen LogP contribution >= 0.6 is 34.7 Å². The van der Waals surface area contributed by atoms with Gasteiger partial charge in [0.2, 0.25) is 5.16 Å². The van der Waals surface area contributed by atoms with Gasteiger partial charge in [-0.05, 0) is 39.6 Å². The summed E-state index contributed by atoms with van der Waals surface area (Å²) in [6, 6.07) is 8.05. The number of hydrogen-bond donors (Lipinski definition) is 0. The number of ether oxygens (including phenoxy) is 2. The Morgan fingerprint density at radius 2 is 2.20 bits per heavy atom. The van der Waals surface area contributed by atoms with Gasteiger partial charge in [0.05, 0.1) is 11.6 Å². The maximum atomic E-state index is 6.29. The third-order valence-electron chi connectivity index (χ3n) is 3.67. The van der Waals surface area contributed by atoms with Crippen molar-refractivity contribution >= 4 is 34.7 Å². The largest absolute Gasteiger partial charge is 0.486 e. The van der Waals surface area contributed by atoms with Gasteiger partial charge in [0.1, 0.15) is 13.2 Å². The van der Waals surface area contributed by atoms with E-state index in [0.717, 1.165) is 23.7 Å². The summed E-state index contributed by atoms with van der Waals surface area (Å²) in [5.41, 5.74) is 1.05. The number of benzene rings is 1. The molecule has 6 nitrogen and oxygen atoms in total. The van der Waals surface area contributed by atoms with Crippen molar-refractivity contribution in [3.63, 3.8) is 0 Å². The van der Waals surface area contributed by atoms with E-state index < -0.39 is 0 Å². The number of thioether (sulfide) groups is 1. The number of aromatic nitrogens is 4. The molecule has 0 atom stereocenters. The summed E-state index contributed by atoms with van der Waals surface area (Å²) < 4.78 is 13.0. The zero-order valence-corrected chi connectivity index (χ0v) is 15.6. The monoisotopic (exact) mass is 394 g/mol. The Kier molecular flexibility index (Phi) is 5.09. The van der Waals surface area contributed by atoms with Crippen molar-refractivity contribution in [1.29, 1.82) is 0 Å². The molecule has 0 spiro atoms. The number of halogens is 1. The van der Waals surface area contributed by atoms with Gasteiger partial charge < -0.3 is 9.47 Å². The summed E-state index contributed by atoms with van der Waals surface area (Å²) in [6.45, 7) is 1.83. The molecule has 0 unspecified atom stereocenters. The highest BCUT2D eigenvalue weighted by molar-refractivity contribution is 7.98. The zero-order valence-electron chi connectivity index (χ0n) is 13.2. The predicted octanol–water partition coefficient (Wildman–Crippen LogP) is 3.69. The summed E-state index contributed by atoms with van der Waals surface area (Å²) in [7, 11) is 0. The molecule has 0 bridgehead atoms. The van der Waals surface area contributed by atoms with Gasteiger partial charge in [-0.1, -0.05) is 29.4 Å². The summed E-state index contributed by atoms with van der Waals surface area (Å²) in [6.07, 6.45) is 0.923. The molecular weight excluding hydrogens is 380 g/mol. The molecule has 9 heteroatoms. The summed E-state index contributed by atoms with van der Waals surface area (Å²) >= 11 is 9.61. The minimum Gasteiger partial charge on any atom is -0.486 e. The lowest BCUT2D eigenvalue weighted by atomic mass is 10.2. The van der Waals surface area contributed by atoms with Crippen molar-refractivity contribution in [2.24, 2.45) is 0 Å². The van der Waals surface area contributed by atoms with Gasteiger partial charge in [-0.15, -0.1) is 16.4 Å². The maximum Gasteiger partial charge on any atom is 0.209 e. The first kappa shape index (κ1) is 16.7. The summed E-state index contributed by atoms with van der Waals surface area (Å²) in [5.74, 6) is 2.03. The highest BCUT2D eigenvalue weighted by atomic mass is 35.5. The van der Waals surface area contributed by atoms with Crippen molar-refractivity contribution in [2.75, 3.05) is 13.2 Å². The van der Waals surface area contributed by atoms with Crippen molar-refractivity contribution in [3.05, 3.63) is 45.1 Å². The van der Waals surface area contributed by atoms with Gasteiger partial charge in [-0.25, -0.2) is 4.68 Å². The topological polar surface area (TPSA) is 62.1 Å². The number of thiophene rings is 1. The highest BCUT2D eigenvalue weighted by Crippen LogP contribution is 2.39. The predicted molar refractivity (Wildman–Crippen MR) is 97.8 cm³/mol. The maximum absolute atomic E-state index is 6.29. The average Bonchev–Trinajstić information content (AvgIpc) is 3.30. The molecule has 0 fully saturated rings. The number of tetrazole rings is 1. The van der Waals surface area contributed by atoms with E-state index in [4.69, 9.17) is 21.1 Å². The van der Waals surface area contributed by atoms with Crippen LogP contribution in [0.25, 0.3) is 0 Å². The molecule has 130 valence electrons. The minimum absolute atomic E-state index is 0.528. The van der Waals surface area contributed by atoms with Crippen molar-refractivity contribution < 1.29 is 9.47 Å². The summed E-state index contributed by atoms with van der Waals surface area (Å²) in [5, 5.41) is 15.4. The first-order chi connectivity index (χ1) is 12.3. The Morgan fingerprint density at radius 3 is 3.08 bits per heavy atom. The SMILES string of the molecule is Clc1cc(CSc2nnnn2CCc2cccs2)cc2c1OCCO2. The highest BCUT2D eigenvalue weighted by Gasteiger charge is 2.17. The molecule has 0 amide bonds. The lowest BCUT2D eigenvalue weighted by molar-refractivity contribution is 0.171. The van der Waals surface area contributed by atoms with Gasteiger partial charge in [-0.3, -0.25) is 0 Å². The van der Waals surface area contributed by atoms with Gasteiger partial charge in [0, 0.05) is 17.1 Å². The van der Waals surface area contributed by atoms with E-state index in [0.29, 0.717) is 35.5 Å². The molecule has 1 aliphatic heterocycles. The molecule has 0 radical (unpaired) electrons. The van der Waals surface area contributed by atoms with Gasteiger partial charge in [0.15, 0.2) is 11.5 Å². The van der Waals surface area contributed by atoms with Crippen LogP contribution in [0.1, 0.15) is 10.4 Å². The molecule has 3 aromatic rings. The number of fused-ring (bicyclic) bond motifs is 1. The second kappa shape index (κ2) is 7.63. The molecule has 3 heterocycles. The Balaban J connectivity index is 1.42. The van der Waals surface area contributed by atoms with E-state index in [-0.39, 0.29) is 0 Å². The molecule has 4 rings (SSSR count). The number of aryl methyl sites for hydroxylation is 2. The minimum atomic E-state index is 0.528. The van der Waals surface area contributed by atoms with Crippen molar-refractivity contribution in [3.8, 4) is 11.5 Å². The van der Waals surface area contributed by atoms with E-state index in [9.17, 15) is 0 Å². The molecule has 2 aromatic heterocycles. The van der Waals surface area contributed by atoms with Crippen molar-refractivity contribution in [1.82, 2.24) is 20.2 Å². The molecule has 25 heavy (non-hydrogen) atoms. The Hall–Kier alpha value is -1.77. The number of nitrogens with zero attached hydrogens (tertiary/aromatic N) is 4. The quantitative estimate of drug-likeness (QED) is 0.594. The van der Waals surface area contributed by atoms with E-state index >= 15 is 0 Å². The standard InChI is InChI=1S/C16H15ClN4O2S2/c17-13-8-11(9-14-15(13)23-6-5-22-14)10-25-16-18-19-20-21(16)4-3-12-2-1-7-24-12/h1-2,7-9H,3-6,10H2. The fourth-order valence-electron chi connectivity index (χ4n) is 2.51. The van der Waals surface area contributed by atoms with E-state index in [1.165, 1.54) is 4.88 Å². The van der Waals surface area contributed by atoms with Crippen LogP contribution in [0, 0.1) is 0 Å². The second-order valence-electron chi connectivity index (χ2n) is 5.40. The average molecular weight is 395 g/mol. The van der Waals surface area contributed by atoms with Crippen LogP contribution in [0.5, 0.6) is 11.5 Å². The van der Waals surface area contributed by atoms with Crippen LogP contribution in [0.3, 0.4) is 0 Å². The van der Waals surface area contributed by atoms with Crippen LogP contribution in [-0.4, -0.2) is 33.4 Å². The fourth-order valence-corrected chi connectivity index (χ4v) is 4.33. The van der Waals surface area contributed by atoms with Crippen LogP contribution in [0.4, 0.5) is 0 Å². The first-order valence-electron chi connectivity index (χ1n) is 7.79. The van der Waals surface area contributed by atoms with Crippen LogP contribution in [0.15, 0.2) is 34.8 Å². The van der Waals surface area contributed by atoms with E-state index in [1.54, 1.807) is 23.1 Å². The normalized spacial score (nSPS) is 13.2. The van der Waals surface area contributed by atoms with Crippen molar-refractivity contribution in [2.45, 2.75) is 23.9 Å². The van der Waals surface area contributed by atoms with E-state index in [1.807, 2.05) is 16.8 Å². The lowest BCUT2D eigenvalue weighted by Gasteiger charge is -2.20.